The fourth-order valence-electron chi connectivity index (χ4n) is 1.71. The first-order valence-corrected chi connectivity index (χ1v) is 6.00. The molecule has 0 fully saturated rings. The highest BCUT2D eigenvalue weighted by Gasteiger charge is 2.11. The molecule has 2 aromatic carbocycles. The van der Waals surface area contributed by atoms with Gasteiger partial charge in [-0.05, 0) is 36.8 Å². The third kappa shape index (κ3) is 2.98. The number of Topliss-reactive ketones (excluding diaryl/α,β-unsaturated/α-hetero) is 1. The maximum Gasteiger partial charge on any atom is 0.136 e. The van der Waals surface area contributed by atoms with Crippen molar-refractivity contribution in [3.63, 3.8) is 0 Å². The molecule has 0 radical (unpaired) electrons. The molecule has 2 rings (SSSR count). The molecule has 0 heterocycles. The summed E-state index contributed by atoms with van der Waals surface area (Å²) in [5.74, 6) is 1.62. The predicted octanol–water partition coefficient (Wildman–Crippen LogP) is 4.17. The topological polar surface area (TPSA) is 26.3 Å². The molecule has 0 aromatic heterocycles. The maximum atomic E-state index is 11.4. The summed E-state index contributed by atoms with van der Waals surface area (Å²) in [6.07, 6.45) is 0. The molecule has 0 amide bonds. The Kier molecular flexibility index (Phi) is 3.78. The third-order valence-corrected chi connectivity index (χ3v) is 2.95. The van der Waals surface area contributed by atoms with E-state index < -0.39 is 0 Å². The van der Waals surface area contributed by atoms with Crippen molar-refractivity contribution >= 4 is 5.78 Å². The second-order valence-corrected chi connectivity index (χ2v) is 4.32. The zero-order valence-electron chi connectivity index (χ0n) is 10.6. The Hall–Kier alpha value is -2.09. The van der Waals surface area contributed by atoms with Gasteiger partial charge in [-0.1, -0.05) is 37.3 Å². The molecule has 0 saturated heterocycles. The van der Waals surface area contributed by atoms with Crippen molar-refractivity contribution in [1.29, 1.82) is 0 Å². The molecule has 0 unspecified atom stereocenters. The van der Waals surface area contributed by atoms with Crippen LogP contribution in [0.2, 0.25) is 0 Å². The summed E-state index contributed by atoms with van der Waals surface area (Å²) < 4.78 is 5.74. The monoisotopic (exact) mass is 240 g/mol. The van der Waals surface area contributed by atoms with Gasteiger partial charge in [0.05, 0.1) is 0 Å². The Morgan fingerprint density at radius 1 is 1.00 bits per heavy atom. The van der Waals surface area contributed by atoms with Gasteiger partial charge in [0, 0.05) is 5.92 Å². The van der Waals surface area contributed by atoms with Crippen molar-refractivity contribution in [2.75, 3.05) is 0 Å². The summed E-state index contributed by atoms with van der Waals surface area (Å²) in [5, 5.41) is 0. The summed E-state index contributed by atoms with van der Waals surface area (Å²) in [6.45, 7) is 3.51. The highest BCUT2D eigenvalue weighted by atomic mass is 16.5. The molecule has 0 N–H and O–H groups in total. The van der Waals surface area contributed by atoms with Crippen LogP contribution in [0.15, 0.2) is 54.6 Å². The van der Waals surface area contributed by atoms with E-state index in [-0.39, 0.29) is 11.7 Å². The SMILES string of the molecule is CC(=O)[C@@H](C)c1cccc(Oc2ccccc2)c1. The Balaban J connectivity index is 2.20. The molecule has 2 aromatic rings. The van der Waals surface area contributed by atoms with Crippen LogP contribution in [0, 0.1) is 0 Å². The number of hydrogen-bond acceptors (Lipinski definition) is 2. The van der Waals surface area contributed by atoms with Gasteiger partial charge in [-0.15, -0.1) is 0 Å². The molecule has 92 valence electrons. The quantitative estimate of drug-likeness (QED) is 0.801. The van der Waals surface area contributed by atoms with Crippen LogP contribution in [-0.4, -0.2) is 5.78 Å². The number of carbonyl (C=O) groups excluding carboxylic acids is 1. The predicted molar refractivity (Wildman–Crippen MR) is 72.1 cm³/mol. The van der Waals surface area contributed by atoms with Gasteiger partial charge in [0.2, 0.25) is 0 Å². The van der Waals surface area contributed by atoms with Crippen LogP contribution in [0.3, 0.4) is 0 Å². The van der Waals surface area contributed by atoms with Crippen LogP contribution in [-0.2, 0) is 4.79 Å². The minimum atomic E-state index is -0.0932. The van der Waals surface area contributed by atoms with Crippen molar-refractivity contribution < 1.29 is 9.53 Å². The largest absolute Gasteiger partial charge is 0.457 e. The Morgan fingerprint density at radius 2 is 1.67 bits per heavy atom. The molecule has 0 bridgehead atoms. The second kappa shape index (κ2) is 5.50. The zero-order valence-corrected chi connectivity index (χ0v) is 10.6. The fraction of sp³-hybridized carbons (Fsp3) is 0.188. The average molecular weight is 240 g/mol. The molecular formula is C16H16O2. The Labute approximate surface area is 107 Å². The van der Waals surface area contributed by atoms with E-state index in [4.69, 9.17) is 4.74 Å². The van der Waals surface area contributed by atoms with E-state index in [1.165, 1.54) is 0 Å². The molecule has 0 spiro atoms. The van der Waals surface area contributed by atoms with Gasteiger partial charge < -0.3 is 4.74 Å². The first kappa shape index (κ1) is 12.4. The molecule has 0 aliphatic heterocycles. The number of benzene rings is 2. The average Bonchev–Trinajstić information content (AvgIpc) is 2.39. The van der Waals surface area contributed by atoms with Gasteiger partial charge in [0.1, 0.15) is 17.3 Å². The first-order valence-electron chi connectivity index (χ1n) is 6.00. The van der Waals surface area contributed by atoms with E-state index in [0.29, 0.717) is 0 Å². The van der Waals surface area contributed by atoms with Gasteiger partial charge in [-0.2, -0.15) is 0 Å². The smallest absolute Gasteiger partial charge is 0.136 e. The number of carbonyl (C=O) groups is 1. The van der Waals surface area contributed by atoms with Gasteiger partial charge >= 0.3 is 0 Å². The van der Waals surface area contributed by atoms with Crippen LogP contribution in [0.5, 0.6) is 11.5 Å². The lowest BCUT2D eigenvalue weighted by Crippen LogP contribution is -2.03. The van der Waals surface area contributed by atoms with Crippen LogP contribution in [0.4, 0.5) is 0 Å². The molecule has 2 heteroatoms. The lowest BCUT2D eigenvalue weighted by atomic mass is 9.97. The Morgan fingerprint density at radius 3 is 2.33 bits per heavy atom. The molecule has 0 saturated carbocycles. The number of ketones is 1. The fourth-order valence-corrected chi connectivity index (χ4v) is 1.71. The van der Waals surface area contributed by atoms with E-state index >= 15 is 0 Å². The van der Waals surface area contributed by atoms with Crippen LogP contribution in [0.25, 0.3) is 0 Å². The van der Waals surface area contributed by atoms with Crippen molar-refractivity contribution in [2.45, 2.75) is 19.8 Å². The minimum Gasteiger partial charge on any atom is -0.457 e. The highest BCUT2D eigenvalue weighted by Crippen LogP contribution is 2.25. The van der Waals surface area contributed by atoms with Crippen LogP contribution >= 0.6 is 0 Å². The summed E-state index contributed by atoms with van der Waals surface area (Å²) in [7, 11) is 0. The summed E-state index contributed by atoms with van der Waals surface area (Å²) in [5.41, 5.74) is 0.982. The number of hydrogen-bond donors (Lipinski definition) is 0. The van der Waals surface area contributed by atoms with Crippen molar-refractivity contribution in [3.8, 4) is 11.5 Å². The lowest BCUT2D eigenvalue weighted by molar-refractivity contribution is -0.118. The van der Waals surface area contributed by atoms with E-state index in [2.05, 4.69) is 0 Å². The summed E-state index contributed by atoms with van der Waals surface area (Å²) in [4.78, 5) is 11.4. The van der Waals surface area contributed by atoms with E-state index in [9.17, 15) is 4.79 Å². The molecule has 18 heavy (non-hydrogen) atoms. The molecule has 0 aliphatic carbocycles. The van der Waals surface area contributed by atoms with Crippen molar-refractivity contribution in [2.24, 2.45) is 0 Å². The molecule has 1 atom stereocenters. The van der Waals surface area contributed by atoms with Gasteiger partial charge in [-0.3, -0.25) is 4.79 Å². The zero-order chi connectivity index (χ0) is 13.0. The molecular weight excluding hydrogens is 224 g/mol. The number of rotatable bonds is 4. The van der Waals surface area contributed by atoms with Gasteiger partial charge in [-0.25, -0.2) is 0 Å². The standard InChI is InChI=1S/C16H16O2/c1-12(13(2)17)14-7-6-10-16(11-14)18-15-8-4-3-5-9-15/h3-12H,1-2H3/t12-/m1/s1. The van der Waals surface area contributed by atoms with Crippen molar-refractivity contribution in [3.05, 3.63) is 60.2 Å². The van der Waals surface area contributed by atoms with E-state index in [1.807, 2.05) is 61.5 Å². The number of ether oxygens (including phenoxy) is 1. The summed E-state index contributed by atoms with van der Waals surface area (Å²) in [6, 6.07) is 17.3. The van der Waals surface area contributed by atoms with Crippen LogP contribution < -0.4 is 4.74 Å². The van der Waals surface area contributed by atoms with Gasteiger partial charge in [0.25, 0.3) is 0 Å². The minimum absolute atomic E-state index is 0.0932. The third-order valence-electron chi connectivity index (χ3n) is 2.95. The lowest BCUT2D eigenvalue weighted by Gasteiger charge is -2.10. The van der Waals surface area contributed by atoms with E-state index in [1.54, 1.807) is 6.92 Å². The maximum absolute atomic E-state index is 11.4. The van der Waals surface area contributed by atoms with Gasteiger partial charge in [0.15, 0.2) is 0 Å². The van der Waals surface area contributed by atoms with E-state index in [0.717, 1.165) is 17.1 Å². The second-order valence-electron chi connectivity index (χ2n) is 4.32. The first-order chi connectivity index (χ1) is 8.66. The normalized spacial score (nSPS) is 11.9. The van der Waals surface area contributed by atoms with Crippen LogP contribution in [0.1, 0.15) is 25.3 Å². The Bertz CT molecular complexity index is 532. The number of para-hydroxylation sites is 1. The highest BCUT2D eigenvalue weighted by molar-refractivity contribution is 5.83. The summed E-state index contributed by atoms with van der Waals surface area (Å²) >= 11 is 0. The van der Waals surface area contributed by atoms with Crippen molar-refractivity contribution in [1.82, 2.24) is 0 Å². The molecule has 0 aliphatic rings. The molecule has 2 nitrogen and oxygen atoms in total.